The summed E-state index contributed by atoms with van der Waals surface area (Å²) in [7, 11) is 1.96. The first-order valence-electron chi connectivity index (χ1n) is 7.27. The second-order valence-corrected chi connectivity index (χ2v) is 5.73. The van der Waals surface area contributed by atoms with E-state index in [1.807, 2.05) is 48.3 Å². The van der Waals surface area contributed by atoms with Crippen molar-refractivity contribution in [3.8, 4) is 0 Å². The summed E-state index contributed by atoms with van der Waals surface area (Å²) in [6.07, 6.45) is 3.55. The molecule has 0 fully saturated rings. The third kappa shape index (κ3) is 4.50. The summed E-state index contributed by atoms with van der Waals surface area (Å²) >= 11 is 0. The van der Waals surface area contributed by atoms with Gasteiger partial charge in [0.15, 0.2) is 5.78 Å². The smallest absolute Gasteiger partial charge is 0.176 e. The van der Waals surface area contributed by atoms with Crippen molar-refractivity contribution in [1.29, 1.82) is 0 Å². The molecule has 0 saturated heterocycles. The molecule has 0 bridgehead atoms. The van der Waals surface area contributed by atoms with Crippen molar-refractivity contribution in [1.82, 2.24) is 9.88 Å². The zero-order chi connectivity index (χ0) is 15.2. The van der Waals surface area contributed by atoms with Crippen molar-refractivity contribution in [2.75, 3.05) is 13.6 Å². The van der Waals surface area contributed by atoms with Gasteiger partial charge in [-0.15, -0.1) is 0 Å². The Morgan fingerprint density at radius 3 is 2.29 bits per heavy atom. The van der Waals surface area contributed by atoms with Crippen LogP contribution in [0.1, 0.15) is 41.3 Å². The maximum Gasteiger partial charge on any atom is 0.176 e. The van der Waals surface area contributed by atoms with Crippen molar-refractivity contribution in [2.45, 2.75) is 26.3 Å². The number of likely N-dealkylation sites (N-methyl/N-ethyl adjacent to an activating group) is 1. The summed E-state index contributed by atoms with van der Waals surface area (Å²) in [6, 6.07) is 11.9. The molecular formula is C18H22N2O. The molecule has 0 aliphatic carbocycles. The van der Waals surface area contributed by atoms with Crippen LogP contribution in [0, 0.1) is 0 Å². The maximum absolute atomic E-state index is 12.3. The Morgan fingerprint density at radius 2 is 1.71 bits per heavy atom. The monoisotopic (exact) mass is 282 g/mol. The lowest BCUT2D eigenvalue weighted by Gasteiger charge is -2.16. The Bertz CT molecular complexity index is 576. The van der Waals surface area contributed by atoms with Crippen molar-refractivity contribution in [3.05, 3.63) is 65.5 Å². The van der Waals surface area contributed by atoms with E-state index in [1.54, 1.807) is 12.4 Å². The van der Waals surface area contributed by atoms with Crippen LogP contribution in [0.4, 0.5) is 0 Å². The van der Waals surface area contributed by atoms with Gasteiger partial charge in [0.25, 0.3) is 0 Å². The van der Waals surface area contributed by atoms with Gasteiger partial charge in [-0.3, -0.25) is 14.7 Å². The molecule has 0 aliphatic rings. The highest BCUT2D eigenvalue weighted by Crippen LogP contribution is 2.15. The second kappa shape index (κ2) is 7.14. The molecule has 0 aliphatic heterocycles. The summed E-state index contributed by atoms with van der Waals surface area (Å²) in [5, 5.41) is 0. The zero-order valence-corrected chi connectivity index (χ0v) is 12.9. The molecule has 3 heteroatoms. The molecular weight excluding hydrogens is 260 g/mol. The highest BCUT2D eigenvalue weighted by atomic mass is 16.1. The number of nitrogens with zero attached hydrogens (tertiary/aromatic N) is 2. The number of carbonyl (C=O) groups excluding carboxylic acids is 1. The quantitative estimate of drug-likeness (QED) is 0.760. The van der Waals surface area contributed by atoms with E-state index in [0.29, 0.717) is 12.5 Å². The molecule has 0 unspecified atom stereocenters. The highest BCUT2D eigenvalue weighted by Gasteiger charge is 2.10. The van der Waals surface area contributed by atoms with E-state index in [4.69, 9.17) is 0 Å². The average molecular weight is 282 g/mol. The fraction of sp³-hybridized carbons (Fsp3) is 0.333. The van der Waals surface area contributed by atoms with Crippen LogP contribution in [-0.2, 0) is 6.54 Å². The summed E-state index contributed by atoms with van der Waals surface area (Å²) in [5.74, 6) is 0.644. The molecule has 0 saturated carbocycles. The number of hydrogen-bond acceptors (Lipinski definition) is 3. The third-order valence-corrected chi connectivity index (χ3v) is 3.51. The van der Waals surface area contributed by atoms with Crippen LogP contribution in [0.3, 0.4) is 0 Å². The minimum atomic E-state index is 0.155. The van der Waals surface area contributed by atoms with Gasteiger partial charge in [-0.25, -0.2) is 0 Å². The molecule has 0 spiro atoms. The predicted octanol–water partition coefficient (Wildman–Crippen LogP) is 3.52. The fourth-order valence-electron chi connectivity index (χ4n) is 2.25. The van der Waals surface area contributed by atoms with E-state index in [-0.39, 0.29) is 5.78 Å². The van der Waals surface area contributed by atoms with E-state index in [2.05, 4.69) is 18.8 Å². The van der Waals surface area contributed by atoms with Crippen molar-refractivity contribution in [2.24, 2.45) is 0 Å². The average Bonchev–Trinajstić information content (AvgIpc) is 2.48. The van der Waals surface area contributed by atoms with Crippen LogP contribution in [0.15, 0.2) is 48.8 Å². The molecule has 1 aromatic carbocycles. The first-order chi connectivity index (χ1) is 10.1. The Morgan fingerprint density at radius 1 is 1.10 bits per heavy atom. The van der Waals surface area contributed by atoms with Gasteiger partial charge in [-0.2, -0.15) is 0 Å². The second-order valence-electron chi connectivity index (χ2n) is 5.73. The number of rotatable bonds is 6. The predicted molar refractivity (Wildman–Crippen MR) is 85.4 cm³/mol. The van der Waals surface area contributed by atoms with Gasteiger partial charge in [-0.1, -0.05) is 38.1 Å². The molecule has 110 valence electrons. The van der Waals surface area contributed by atoms with Gasteiger partial charge in [-0.05, 0) is 36.2 Å². The molecule has 2 rings (SSSR count). The van der Waals surface area contributed by atoms with Crippen LogP contribution in [0.25, 0.3) is 0 Å². The minimum Gasteiger partial charge on any atom is -0.295 e. The van der Waals surface area contributed by atoms with Crippen molar-refractivity contribution in [3.63, 3.8) is 0 Å². The molecule has 0 radical (unpaired) electrons. The molecule has 0 N–H and O–H groups in total. The summed E-state index contributed by atoms with van der Waals surface area (Å²) < 4.78 is 0. The van der Waals surface area contributed by atoms with E-state index in [0.717, 1.165) is 17.7 Å². The standard InChI is InChI=1S/C18H22N2O/c1-14(2)16-4-6-17(7-5-16)18(21)13-20(3)12-15-8-10-19-11-9-15/h4-11,14H,12-13H2,1-3H3. The number of aromatic nitrogens is 1. The van der Waals surface area contributed by atoms with Crippen LogP contribution < -0.4 is 0 Å². The number of hydrogen-bond donors (Lipinski definition) is 0. The van der Waals surface area contributed by atoms with E-state index in [9.17, 15) is 4.79 Å². The molecule has 0 atom stereocenters. The van der Waals surface area contributed by atoms with Crippen LogP contribution in [0.2, 0.25) is 0 Å². The van der Waals surface area contributed by atoms with Crippen molar-refractivity contribution < 1.29 is 4.79 Å². The van der Waals surface area contributed by atoms with E-state index < -0.39 is 0 Å². The lowest BCUT2D eigenvalue weighted by Crippen LogP contribution is -2.25. The van der Waals surface area contributed by atoms with Gasteiger partial charge in [0, 0.05) is 24.5 Å². The lowest BCUT2D eigenvalue weighted by atomic mass is 10.0. The molecule has 0 amide bonds. The first kappa shape index (κ1) is 15.4. The van der Waals surface area contributed by atoms with Gasteiger partial charge in [0.1, 0.15) is 0 Å². The summed E-state index contributed by atoms with van der Waals surface area (Å²) in [5.41, 5.74) is 3.20. The fourth-order valence-corrected chi connectivity index (χ4v) is 2.25. The number of benzene rings is 1. The third-order valence-electron chi connectivity index (χ3n) is 3.51. The van der Waals surface area contributed by atoms with Gasteiger partial charge in [0.2, 0.25) is 0 Å². The van der Waals surface area contributed by atoms with E-state index in [1.165, 1.54) is 5.56 Å². The largest absolute Gasteiger partial charge is 0.295 e. The molecule has 1 heterocycles. The molecule has 3 nitrogen and oxygen atoms in total. The first-order valence-corrected chi connectivity index (χ1v) is 7.27. The lowest BCUT2D eigenvalue weighted by molar-refractivity contribution is 0.0943. The number of ketones is 1. The van der Waals surface area contributed by atoms with Crippen LogP contribution in [0.5, 0.6) is 0 Å². The maximum atomic E-state index is 12.3. The Hall–Kier alpha value is -2.00. The number of Topliss-reactive ketones (excluding diaryl/α,β-unsaturated/α-hetero) is 1. The normalized spacial score (nSPS) is 11.1. The van der Waals surface area contributed by atoms with Gasteiger partial charge < -0.3 is 0 Å². The van der Waals surface area contributed by atoms with Crippen LogP contribution >= 0.6 is 0 Å². The SMILES string of the molecule is CC(C)c1ccc(C(=O)CN(C)Cc2ccncc2)cc1. The highest BCUT2D eigenvalue weighted by molar-refractivity contribution is 5.97. The molecule has 21 heavy (non-hydrogen) atoms. The number of carbonyl (C=O) groups is 1. The Kier molecular flexibility index (Phi) is 5.23. The Labute approximate surface area is 126 Å². The van der Waals surface area contributed by atoms with Crippen molar-refractivity contribution >= 4 is 5.78 Å². The molecule has 2 aromatic rings. The van der Waals surface area contributed by atoms with E-state index >= 15 is 0 Å². The van der Waals surface area contributed by atoms with Crippen LogP contribution in [-0.4, -0.2) is 29.3 Å². The van der Waals surface area contributed by atoms with Gasteiger partial charge in [0.05, 0.1) is 6.54 Å². The zero-order valence-electron chi connectivity index (χ0n) is 12.9. The summed E-state index contributed by atoms with van der Waals surface area (Å²) in [4.78, 5) is 18.3. The number of pyridine rings is 1. The minimum absolute atomic E-state index is 0.155. The molecule has 1 aromatic heterocycles. The topological polar surface area (TPSA) is 33.2 Å². The van der Waals surface area contributed by atoms with Gasteiger partial charge >= 0.3 is 0 Å². The Balaban J connectivity index is 1.94. The summed E-state index contributed by atoms with van der Waals surface area (Å²) in [6.45, 7) is 5.47.